The fraction of sp³-hybridized carbons (Fsp3) is 0.240. The highest BCUT2D eigenvalue weighted by molar-refractivity contribution is 7.98. The van der Waals surface area contributed by atoms with E-state index in [-0.39, 0.29) is 17.3 Å². The van der Waals surface area contributed by atoms with Gasteiger partial charge < -0.3 is 5.32 Å². The molecule has 0 unspecified atom stereocenters. The van der Waals surface area contributed by atoms with Crippen molar-refractivity contribution in [2.24, 2.45) is 0 Å². The average molecular weight is 503 g/mol. The van der Waals surface area contributed by atoms with E-state index in [0.29, 0.717) is 12.2 Å². The SMILES string of the molecule is Cc1ccccc1N(CC(=O)NCCCSCc1ccccc1Cl)S(=O)(=O)c1ccccc1. The third-order valence-electron chi connectivity index (χ3n) is 5.01. The number of nitrogens with one attached hydrogen (secondary N) is 1. The van der Waals surface area contributed by atoms with Crippen molar-refractivity contribution in [2.75, 3.05) is 23.1 Å². The van der Waals surface area contributed by atoms with E-state index in [0.717, 1.165) is 34.1 Å². The lowest BCUT2D eigenvalue weighted by Crippen LogP contribution is -2.41. The standard InChI is InChI=1S/C25H27ClN2O3S2/c1-20-10-5-8-15-24(20)28(33(30,31)22-12-3-2-4-13-22)18-25(29)27-16-9-17-32-19-21-11-6-7-14-23(21)26/h2-8,10-15H,9,16-19H2,1H3,(H,27,29). The van der Waals surface area contributed by atoms with E-state index in [1.807, 2.05) is 43.3 Å². The molecule has 33 heavy (non-hydrogen) atoms. The van der Waals surface area contributed by atoms with Gasteiger partial charge in [0.1, 0.15) is 6.54 Å². The van der Waals surface area contributed by atoms with Gasteiger partial charge in [-0.3, -0.25) is 9.10 Å². The van der Waals surface area contributed by atoms with Crippen molar-refractivity contribution >= 4 is 45.0 Å². The molecule has 0 fully saturated rings. The average Bonchev–Trinajstić information content (AvgIpc) is 2.82. The number of hydrogen-bond donors (Lipinski definition) is 1. The van der Waals surface area contributed by atoms with Gasteiger partial charge in [0.25, 0.3) is 10.0 Å². The lowest BCUT2D eigenvalue weighted by molar-refractivity contribution is -0.119. The van der Waals surface area contributed by atoms with Gasteiger partial charge in [-0.2, -0.15) is 11.8 Å². The van der Waals surface area contributed by atoms with Crippen molar-refractivity contribution in [2.45, 2.75) is 24.0 Å². The number of thioether (sulfide) groups is 1. The van der Waals surface area contributed by atoms with E-state index in [1.54, 1.807) is 42.1 Å². The van der Waals surface area contributed by atoms with E-state index in [9.17, 15) is 13.2 Å². The largest absolute Gasteiger partial charge is 0.354 e. The summed E-state index contributed by atoms with van der Waals surface area (Å²) in [5.74, 6) is 1.33. The molecule has 5 nitrogen and oxygen atoms in total. The van der Waals surface area contributed by atoms with Gasteiger partial charge >= 0.3 is 0 Å². The maximum Gasteiger partial charge on any atom is 0.264 e. The quantitative estimate of drug-likeness (QED) is 0.362. The van der Waals surface area contributed by atoms with Crippen LogP contribution < -0.4 is 9.62 Å². The summed E-state index contributed by atoms with van der Waals surface area (Å²) >= 11 is 7.92. The second kappa shape index (κ2) is 12.1. The van der Waals surface area contributed by atoms with Crippen molar-refractivity contribution in [3.63, 3.8) is 0 Å². The van der Waals surface area contributed by atoms with Crippen LogP contribution in [0.15, 0.2) is 83.8 Å². The summed E-state index contributed by atoms with van der Waals surface area (Å²) < 4.78 is 27.8. The Balaban J connectivity index is 1.58. The van der Waals surface area contributed by atoms with Crippen LogP contribution in [0.5, 0.6) is 0 Å². The Morgan fingerprint density at radius 2 is 1.64 bits per heavy atom. The molecule has 174 valence electrons. The number of nitrogens with zero attached hydrogens (tertiary/aromatic N) is 1. The summed E-state index contributed by atoms with van der Waals surface area (Å²) in [5.41, 5.74) is 2.36. The molecule has 0 bridgehead atoms. The zero-order valence-electron chi connectivity index (χ0n) is 18.4. The van der Waals surface area contributed by atoms with Gasteiger partial charge in [-0.05, 0) is 54.5 Å². The second-order valence-electron chi connectivity index (χ2n) is 7.46. The smallest absolute Gasteiger partial charge is 0.264 e. The number of benzene rings is 3. The fourth-order valence-electron chi connectivity index (χ4n) is 3.25. The minimum absolute atomic E-state index is 0.150. The maximum absolute atomic E-state index is 13.3. The van der Waals surface area contributed by atoms with Gasteiger partial charge in [0, 0.05) is 17.3 Å². The molecule has 0 heterocycles. The first kappa shape index (κ1) is 25.1. The molecule has 0 aliphatic rings. The van der Waals surface area contributed by atoms with Gasteiger partial charge in [-0.25, -0.2) is 8.42 Å². The van der Waals surface area contributed by atoms with Crippen LogP contribution in [0.25, 0.3) is 0 Å². The van der Waals surface area contributed by atoms with Gasteiger partial charge in [-0.1, -0.05) is 66.2 Å². The number of halogens is 1. The monoisotopic (exact) mass is 502 g/mol. The van der Waals surface area contributed by atoms with Crippen molar-refractivity contribution in [1.29, 1.82) is 0 Å². The molecule has 0 aliphatic heterocycles. The molecular formula is C25H27ClN2O3S2. The Morgan fingerprint density at radius 3 is 2.36 bits per heavy atom. The molecule has 8 heteroatoms. The minimum Gasteiger partial charge on any atom is -0.354 e. The first-order valence-corrected chi connectivity index (χ1v) is 13.6. The zero-order valence-corrected chi connectivity index (χ0v) is 20.8. The molecule has 3 aromatic carbocycles. The number of hydrogen-bond acceptors (Lipinski definition) is 4. The molecule has 0 aliphatic carbocycles. The summed E-state index contributed by atoms with van der Waals surface area (Å²) in [6, 6.07) is 23.1. The third-order valence-corrected chi connectivity index (χ3v) is 8.24. The van der Waals surface area contributed by atoms with E-state index in [2.05, 4.69) is 5.32 Å². The van der Waals surface area contributed by atoms with Crippen molar-refractivity contribution in [1.82, 2.24) is 5.32 Å². The van der Waals surface area contributed by atoms with Crippen molar-refractivity contribution in [3.05, 3.63) is 95.0 Å². The Morgan fingerprint density at radius 1 is 0.970 bits per heavy atom. The van der Waals surface area contributed by atoms with Crippen LogP contribution in [0, 0.1) is 6.92 Å². The number of anilines is 1. The summed E-state index contributed by atoms with van der Waals surface area (Å²) in [5, 5.41) is 3.61. The predicted molar refractivity (Wildman–Crippen MR) is 137 cm³/mol. The van der Waals surface area contributed by atoms with E-state index in [1.165, 1.54) is 16.4 Å². The fourth-order valence-corrected chi connectivity index (χ4v) is 6.00. The molecule has 0 aromatic heterocycles. The lowest BCUT2D eigenvalue weighted by Gasteiger charge is -2.25. The van der Waals surface area contributed by atoms with Crippen LogP contribution in [0.3, 0.4) is 0 Å². The molecule has 0 saturated heterocycles. The highest BCUT2D eigenvalue weighted by Gasteiger charge is 2.27. The van der Waals surface area contributed by atoms with Crippen LogP contribution in [-0.4, -0.2) is 33.2 Å². The molecule has 3 rings (SSSR count). The minimum atomic E-state index is -3.89. The molecule has 0 atom stereocenters. The van der Waals surface area contributed by atoms with E-state index in [4.69, 9.17) is 11.6 Å². The predicted octanol–water partition coefficient (Wildman–Crippen LogP) is 5.28. The van der Waals surface area contributed by atoms with Crippen LogP contribution in [-0.2, 0) is 20.6 Å². The molecule has 0 saturated carbocycles. The Bertz CT molecular complexity index is 1170. The number of rotatable bonds is 11. The second-order valence-corrected chi connectivity index (χ2v) is 10.8. The third kappa shape index (κ3) is 7.00. The highest BCUT2D eigenvalue weighted by Crippen LogP contribution is 2.26. The summed E-state index contributed by atoms with van der Waals surface area (Å²) in [4.78, 5) is 12.8. The van der Waals surface area contributed by atoms with E-state index < -0.39 is 10.0 Å². The van der Waals surface area contributed by atoms with Gasteiger partial charge in [0.05, 0.1) is 10.6 Å². The van der Waals surface area contributed by atoms with Gasteiger partial charge in [0.2, 0.25) is 5.91 Å². The first-order valence-electron chi connectivity index (χ1n) is 10.6. The molecule has 0 spiro atoms. The number of carbonyl (C=O) groups excluding carboxylic acids is 1. The maximum atomic E-state index is 13.3. The summed E-state index contributed by atoms with van der Waals surface area (Å²) in [6.07, 6.45) is 0.774. The van der Waals surface area contributed by atoms with Crippen LogP contribution in [0.1, 0.15) is 17.5 Å². The topological polar surface area (TPSA) is 66.5 Å². The zero-order chi connectivity index (χ0) is 23.7. The highest BCUT2D eigenvalue weighted by atomic mass is 35.5. The van der Waals surface area contributed by atoms with Crippen LogP contribution >= 0.6 is 23.4 Å². The molecule has 1 amide bonds. The summed E-state index contributed by atoms with van der Waals surface area (Å²) in [7, 11) is -3.89. The first-order chi connectivity index (χ1) is 15.9. The van der Waals surface area contributed by atoms with Crippen LogP contribution in [0.2, 0.25) is 5.02 Å². The lowest BCUT2D eigenvalue weighted by atomic mass is 10.2. The molecule has 0 radical (unpaired) electrons. The normalized spacial score (nSPS) is 11.2. The van der Waals surface area contributed by atoms with Crippen molar-refractivity contribution < 1.29 is 13.2 Å². The molecular weight excluding hydrogens is 476 g/mol. The Kier molecular flexibility index (Phi) is 9.23. The molecule has 1 N–H and O–H groups in total. The van der Waals surface area contributed by atoms with Gasteiger partial charge in [-0.15, -0.1) is 0 Å². The molecule has 3 aromatic rings. The number of carbonyl (C=O) groups is 1. The van der Waals surface area contributed by atoms with Crippen LogP contribution in [0.4, 0.5) is 5.69 Å². The summed E-state index contributed by atoms with van der Waals surface area (Å²) in [6.45, 7) is 2.02. The van der Waals surface area contributed by atoms with Crippen molar-refractivity contribution in [3.8, 4) is 0 Å². The Hall–Kier alpha value is -2.48. The number of para-hydroxylation sites is 1. The van der Waals surface area contributed by atoms with E-state index >= 15 is 0 Å². The number of sulfonamides is 1. The number of amides is 1. The number of aryl methyl sites for hydroxylation is 1. The van der Waals surface area contributed by atoms with Gasteiger partial charge in [0.15, 0.2) is 0 Å². The Labute approximate surface area is 205 Å².